The van der Waals surface area contributed by atoms with Gasteiger partial charge in [0.05, 0.1) is 5.92 Å². The Balaban J connectivity index is 1.32. The number of fused-ring (bicyclic) bond motifs is 3. The number of hydrogen-bond donors (Lipinski definition) is 2. The standard InChI is InChI=1S/C24H26N2O4/c27-22(28)21-13-26(15-24(21)9-11-25-12-10-24)23(29)30-14-20-18-7-3-1-5-16(18)17-6-2-4-8-19(17)20/h1-8,20-21,25H,9-15H2,(H,27,28). The maximum absolute atomic E-state index is 12.9. The van der Waals surface area contributed by atoms with Gasteiger partial charge >= 0.3 is 12.1 Å². The Morgan fingerprint density at radius 1 is 1.03 bits per heavy atom. The van der Waals surface area contributed by atoms with Gasteiger partial charge in [-0.05, 0) is 48.2 Å². The minimum atomic E-state index is -0.814. The van der Waals surface area contributed by atoms with Gasteiger partial charge < -0.3 is 20.1 Å². The molecule has 0 saturated carbocycles. The number of likely N-dealkylation sites (tertiary alicyclic amines) is 1. The lowest BCUT2D eigenvalue weighted by Gasteiger charge is -2.36. The van der Waals surface area contributed by atoms with Crippen LogP contribution in [0, 0.1) is 11.3 Å². The van der Waals surface area contributed by atoms with E-state index in [2.05, 4.69) is 29.6 Å². The first-order valence-electron chi connectivity index (χ1n) is 10.6. The number of ether oxygens (including phenoxy) is 1. The number of carboxylic acid groups (broad SMARTS) is 1. The number of carbonyl (C=O) groups is 2. The molecule has 2 aromatic rings. The predicted octanol–water partition coefficient (Wildman–Crippen LogP) is 3.32. The highest BCUT2D eigenvalue weighted by molar-refractivity contribution is 5.79. The van der Waals surface area contributed by atoms with Crippen molar-refractivity contribution in [3.8, 4) is 11.1 Å². The summed E-state index contributed by atoms with van der Waals surface area (Å²) in [5.41, 5.74) is 4.38. The molecule has 6 heteroatoms. The first-order chi connectivity index (χ1) is 14.6. The van der Waals surface area contributed by atoms with Gasteiger partial charge in [0.2, 0.25) is 0 Å². The molecule has 0 bridgehead atoms. The molecule has 5 rings (SSSR count). The quantitative estimate of drug-likeness (QED) is 0.818. The lowest BCUT2D eigenvalue weighted by atomic mass is 9.71. The third kappa shape index (κ3) is 3.06. The van der Waals surface area contributed by atoms with Crippen molar-refractivity contribution < 1.29 is 19.4 Å². The summed E-state index contributed by atoms with van der Waals surface area (Å²) in [5.74, 6) is -1.34. The number of hydrogen-bond acceptors (Lipinski definition) is 4. The SMILES string of the molecule is O=C(O)C1CN(C(=O)OCC2c3ccccc3-c3ccccc32)CC12CCNCC2. The second-order valence-electron chi connectivity index (χ2n) is 8.69. The van der Waals surface area contributed by atoms with E-state index in [1.807, 2.05) is 24.3 Å². The van der Waals surface area contributed by atoms with Crippen molar-refractivity contribution in [2.24, 2.45) is 11.3 Å². The van der Waals surface area contributed by atoms with Crippen molar-refractivity contribution in [1.29, 1.82) is 0 Å². The first kappa shape index (κ1) is 19.1. The van der Waals surface area contributed by atoms with Crippen molar-refractivity contribution in [1.82, 2.24) is 10.2 Å². The molecule has 2 fully saturated rings. The van der Waals surface area contributed by atoms with Crippen molar-refractivity contribution in [2.75, 3.05) is 32.8 Å². The molecule has 1 atom stereocenters. The highest BCUT2D eigenvalue weighted by atomic mass is 16.6. The Morgan fingerprint density at radius 3 is 2.23 bits per heavy atom. The van der Waals surface area contributed by atoms with Gasteiger partial charge in [-0.25, -0.2) is 4.79 Å². The van der Waals surface area contributed by atoms with Crippen LogP contribution in [0.3, 0.4) is 0 Å². The van der Waals surface area contributed by atoms with Crippen molar-refractivity contribution in [2.45, 2.75) is 18.8 Å². The van der Waals surface area contributed by atoms with E-state index in [4.69, 9.17) is 4.74 Å². The van der Waals surface area contributed by atoms with Crippen LogP contribution in [0.25, 0.3) is 11.1 Å². The van der Waals surface area contributed by atoms with Crippen LogP contribution in [-0.2, 0) is 9.53 Å². The van der Waals surface area contributed by atoms with Gasteiger partial charge in [-0.15, -0.1) is 0 Å². The van der Waals surface area contributed by atoms with Crippen molar-refractivity contribution >= 4 is 12.1 Å². The van der Waals surface area contributed by atoms with Gasteiger partial charge in [-0.1, -0.05) is 48.5 Å². The molecule has 1 unspecified atom stereocenters. The number of carbonyl (C=O) groups excluding carboxylic acids is 1. The summed E-state index contributed by atoms with van der Waals surface area (Å²) >= 11 is 0. The number of benzene rings is 2. The summed E-state index contributed by atoms with van der Waals surface area (Å²) in [6.45, 7) is 2.54. The average Bonchev–Trinajstić information content (AvgIpc) is 3.29. The Hall–Kier alpha value is -2.86. The Kier molecular flexibility index (Phi) is 4.74. The molecule has 3 aliphatic rings. The Labute approximate surface area is 175 Å². The van der Waals surface area contributed by atoms with E-state index in [0.717, 1.165) is 25.9 Å². The molecule has 1 amide bonds. The van der Waals surface area contributed by atoms with Crippen molar-refractivity contribution in [3.63, 3.8) is 0 Å². The minimum absolute atomic E-state index is 0.00654. The predicted molar refractivity (Wildman–Crippen MR) is 112 cm³/mol. The van der Waals surface area contributed by atoms with Crippen LogP contribution >= 0.6 is 0 Å². The number of nitrogens with zero attached hydrogens (tertiary/aromatic N) is 1. The molecule has 1 spiro atoms. The number of nitrogens with one attached hydrogen (secondary N) is 1. The van der Waals surface area contributed by atoms with Crippen LogP contribution in [0.2, 0.25) is 0 Å². The van der Waals surface area contributed by atoms with E-state index in [0.29, 0.717) is 6.54 Å². The largest absolute Gasteiger partial charge is 0.481 e. The second-order valence-corrected chi connectivity index (χ2v) is 8.69. The average molecular weight is 406 g/mol. The molecule has 0 radical (unpaired) electrons. The Morgan fingerprint density at radius 2 is 1.63 bits per heavy atom. The molecule has 6 nitrogen and oxygen atoms in total. The van der Waals surface area contributed by atoms with Gasteiger partial charge in [0, 0.05) is 24.4 Å². The zero-order valence-corrected chi connectivity index (χ0v) is 16.8. The number of piperidine rings is 1. The summed E-state index contributed by atoms with van der Waals surface area (Å²) in [7, 11) is 0. The van der Waals surface area contributed by atoms with Gasteiger partial charge in [0.25, 0.3) is 0 Å². The highest BCUT2D eigenvalue weighted by Gasteiger charge is 2.52. The molecule has 2 N–H and O–H groups in total. The molecule has 0 aromatic heterocycles. The maximum Gasteiger partial charge on any atom is 0.409 e. The smallest absolute Gasteiger partial charge is 0.409 e. The third-order valence-electron chi connectivity index (χ3n) is 7.14. The van der Waals surface area contributed by atoms with Crippen LogP contribution in [-0.4, -0.2) is 54.9 Å². The summed E-state index contributed by atoms with van der Waals surface area (Å²) in [6.07, 6.45) is 1.15. The van der Waals surface area contributed by atoms with Gasteiger partial charge in [-0.2, -0.15) is 0 Å². The highest BCUT2D eigenvalue weighted by Crippen LogP contribution is 2.46. The number of carboxylic acids is 1. The fraction of sp³-hybridized carbons (Fsp3) is 0.417. The normalized spacial score (nSPS) is 22.0. The molecule has 2 heterocycles. The van der Waals surface area contributed by atoms with E-state index >= 15 is 0 Å². The summed E-state index contributed by atoms with van der Waals surface area (Å²) in [4.78, 5) is 26.4. The number of rotatable bonds is 3. The fourth-order valence-corrected chi connectivity index (χ4v) is 5.56. The molecule has 156 valence electrons. The summed E-state index contributed by atoms with van der Waals surface area (Å²) in [5, 5.41) is 13.0. The summed E-state index contributed by atoms with van der Waals surface area (Å²) < 4.78 is 5.76. The minimum Gasteiger partial charge on any atom is -0.481 e. The van der Waals surface area contributed by atoms with Gasteiger partial charge in [0.1, 0.15) is 6.61 Å². The lowest BCUT2D eigenvalue weighted by Crippen LogP contribution is -2.44. The first-order valence-corrected chi connectivity index (χ1v) is 10.6. The van der Waals surface area contributed by atoms with Crippen LogP contribution < -0.4 is 5.32 Å². The van der Waals surface area contributed by atoms with E-state index in [1.165, 1.54) is 22.3 Å². The molecule has 1 aliphatic carbocycles. The molecule has 30 heavy (non-hydrogen) atoms. The molecule has 2 saturated heterocycles. The molecular weight excluding hydrogens is 380 g/mol. The Bertz CT molecular complexity index is 937. The van der Waals surface area contributed by atoms with E-state index in [9.17, 15) is 14.7 Å². The zero-order chi connectivity index (χ0) is 20.7. The van der Waals surface area contributed by atoms with E-state index in [1.54, 1.807) is 4.90 Å². The number of aliphatic carboxylic acids is 1. The van der Waals surface area contributed by atoms with Crippen LogP contribution in [0.5, 0.6) is 0 Å². The monoisotopic (exact) mass is 406 g/mol. The van der Waals surface area contributed by atoms with Crippen LogP contribution in [0.15, 0.2) is 48.5 Å². The topological polar surface area (TPSA) is 78.9 Å². The maximum atomic E-state index is 12.9. The van der Waals surface area contributed by atoms with E-state index < -0.39 is 18.0 Å². The lowest BCUT2D eigenvalue weighted by molar-refractivity contribution is -0.145. The van der Waals surface area contributed by atoms with Gasteiger partial charge in [-0.3, -0.25) is 4.79 Å². The van der Waals surface area contributed by atoms with Crippen LogP contribution in [0.4, 0.5) is 4.79 Å². The van der Waals surface area contributed by atoms with E-state index in [-0.39, 0.29) is 24.5 Å². The second kappa shape index (κ2) is 7.43. The summed E-state index contributed by atoms with van der Waals surface area (Å²) in [6, 6.07) is 16.5. The zero-order valence-electron chi connectivity index (χ0n) is 16.8. The van der Waals surface area contributed by atoms with Crippen molar-refractivity contribution in [3.05, 3.63) is 59.7 Å². The van der Waals surface area contributed by atoms with Gasteiger partial charge in [0.15, 0.2) is 0 Å². The molecule has 2 aromatic carbocycles. The van der Waals surface area contributed by atoms with Crippen LogP contribution in [0.1, 0.15) is 29.9 Å². The fourth-order valence-electron chi connectivity index (χ4n) is 5.56. The molecule has 2 aliphatic heterocycles. The molecular formula is C24H26N2O4. The third-order valence-corrected chi connectivity index (χ3v) is 7.14. The number of amides is 1.